The van der Waals surface area contributed by atoms with Crippen LogP contribution < -0.4 is 10.6 Å². The number of aryl methyl sites for hydroxylation is 2. The summed E-state index contributed by atoms with van der Waals surface area (Å²) in [5.74, 6) is -0.209. The largest absolute Gasteiger partial charge is 0.383 e. The Morgan fingerprint density at radius 3 is 2.52 bits per heavy atom. The number of amides is 2. The normalized spacial score (nSPS) is 13.1. The molecule has 29 heavy (non-hydrogen) atoms. The Balaban J connectivity index is 1.91. The van der Waals surface area contributed by atoms with E-state index in [9.17, 15) is 9.59 Å². The number of methoxy groups -OCH3 is 1. The molecule has 0 radical (unpaired) electrons. The third-order valence-electron chi connectivity index (χ3n) is 5.37. The summed E-state index contributed by atoms with van der Waals surface area (Å²) in [5.41, 5.74) is 4.25. The predicted molar refractivity (Wildman–Crippen MR) is 113 cm³/mol. The minimum Gasteiger partial charge on any atom is -0.383 e. The maximum absolute atomic E-state index is 13.2. The first kappa shape index (κ1) is 21.0. The molecule has 3 rings (SSSR count). The van der Waals surface area contributed by atoms with Crippen LogP contribution in [-0.2, 0) is 30.5 Å². The quantitative estimate of drug-likeness (QED) is 0.670. The molecular formula is C22H30N4O3. The lowest BCUT2D eigenvalue weighted by Crippen LogP contribution is -2.28. The summed E-state index contributed by atoms with van der Waals surface area (Å²) in [5, 5.41) is 5.89. The summed E-state index contributed by atoms with van der Waals surface area (Å²) in [6.45, 7) is 5.69. The van der Waals surface area contributed by atoms with Crippen LogP contribution in [0.2, 0.25) is 0 Å². The molecule has 2 heterocycles. The highest BCUT2D eigenvalue weighted by atomic mass is 16.5. The molecule has 0 bridgehead atoms. The average molecular weight is 399 g/mol. The molecule has 1 aromatic heterocycles. The van der Waals surface area contributed by atoms with Crippen LogP contribution in [-0.4, -0.2) is 41.6 Å². The van der Waals surface area contributed by atoms with Crippen LogP contribution in [0.5, 0.6) is 0 Å². The van der Waals surface area contributed by atoms with Crippen molar-refractivity contribution in [1.82, 2.24) is 14.9 Å². The van der Waals surface area contributed by atoms with Gasteiger partial charge in [0, 0.05) is 25.9 Å². The van der Waals surface area contributed by atoms with E-state index in [1.807, 2.05) is 22.8 Å². The van der Waals surface area contributed by atoms with E-state index >= 15 is 0 Å². The van der Waals surface area contributed by atoms with Crippen molar-refractivity contribution >= 4 is 17.5 Å². The molecule has 156 valence electrons. The Hall–Kier alpha value is -2.67. The number of carbonyl (C=O) groups excluding carboxylic acids is 2. The monoisotopic (exact) mass is 398 g/mol. The second-order valence-electron chi connectivity index (χ2n) is 7.20. The van der Waals surface area contributed by atoms with Gasteiger partial charge in [-0.05, 0) is 43.2 Å². The summed E-state index contributed by atoms with van der Waals surface area (Å²) in [6, 6.07) is 6.09. The van der Waals surface area contributed by atoms with Crippen LogP contribution >= 0.6 is 0 Å². The number of rotatable bonds is 8. The van der Waals surface area contributed by atoms with Gasteiger partial charge in [-0.3, -0.25) is 9.59 Å². The van der Waals surface area contributed by atoms with Crippen molar-refractivity contribution in [3.05, 3.63) is 46.5 Å². The number of nitrogens with one attached hydrogen (secondary N) is 2. The number of benzene rings is 1. The molecule has 2 amide bonds. The number of hydrogen-bond donors (Lipinski definition) is 2. The lowest BCUT2D eigenvalue weighted by Gasteiger charge is -2.18. The van der Waals surface area contributed by atoms with Crippen molar-refractivity contribution in [3.63, 3.8) is 0 Å². The Kier molecular flexibility index (Phi) is 7.04. The van der Waals surface area contributed by atoms with E-state index in [-0.39, 0.29) is 11.8 Å². The van der Waals surface area contributed by atoms with Gasteiger partial charge >= 0.3 is 0 Å². The zero-order valence-electron chi connectivity index (χ0n) is 17.5. The molecule has 0 atom stereocenters. The minimum absolute atomic E-state index is 0.255. The predicted octanol–water partition coefficient (Wildman–Crippen LogP) is 2.97. The Morgan fingerprint density at radius 2 is 1.86 bits per heavy atom. The molecule has 2 aromatic rings. The third-order valence-corrected chi connectivity index (χ3v) is 5.37. The highest BCUT2D eigenvalue weighted by molar-refractivity contribution is 6.04. The Labute approximate surface area is 171 Å². The van der Waals surface area contributed by atoms with Crippen molar-refractivity contribution in [3.8, 4) is 0 Å². The number of aromatic nitrogens is 2. The van der Waals surface area contributed by atoms with E-state index in [1.54, 1.807) is 7.11 Å². The van der Waals surface area contributed by atoms with E-state index in [0.717, 1.165) is 54.6 Å². The Bertz CT molecular complexity index is 866. The zero-order valence-corrected chi connectivity index (χ0v) is 17.5. The molecule has 7 nitrogen and oxygen atoms in total. The molecule has 1 aliphatic rings. The van der Waals surface area contributed by atoms with E-state index < -0.39 is 0 Å². The minimum atomic E-state index is -0.264. The second kappa shape index (κ2) is 9.69. The fourth-order valence-corrected chi connectivity index (χ4v) is 3.82. The molecule has 0 saturated carbocycles. The average Bonchev–Trinajstić information content (AvgIpc) is 3.14. The van der Waals surface area contributed by atoms with Gasteiger partial charge in [0.2, 0.25) is 0 Å². The first-order chi connectivity index (χ1) is 14.1. The van der Waals surface area contributed by atoms with Crippen LogP contribution in [0.3, 0.4) is 0 Å². The third kappa shape index (κ3) is 4.50. The van der Waals surface area contributed by atoms with E-state index in [4.69, 9.17) is 4.74 Å². The molecule has 2 N–H and O–H groups in total. The van der Waals surface area contributed by atoms with Crippen LogP contribution in [0.1, 0.15) is 64.6 Å². The van der Waals surface area contributed by atoms with Crippen LogP contribution in [0, 0.1) is 0 Å². The number of imidazole rings is 1. The maximum Gasteiger partial charge on any atom is 0.291 e. The van der Waals surface area contributed by atoms with Crippen molar-refractivity contribution < 1.29 is 14.3 Å². The van der Waals surface area contributed by atoms with Gasteiger partial charge in [-0.15, -0.1) is 0 Å². The molecule has 0 aliphatic carbocycles. The van der Waals surface area contributed by atoms with Gasteiger partial charge in [0.15, 0.2) is 5.82 Å². The molecule has 7 heteroatoms. The van der Waals surface area contributed by atoms with E-state index in [2.05, 4.69) is 29.5 Å². The molecule has 0 fully saturated rings. The summed E-state index contributed by atoms with van der Waals surface area (Å²) in [7, 11) is 1.59. The standard InChI is InChI=1S/C22H30N4O3/c1-4-15-9-8-10-16(5-2)18(15)25-22(28)20-24-19(21(27)23-12-14-29-3)17-11-6-7-13-26(17)20/h8-10H,4-7,11-14H2,1-3H3,(H,23,27)(H,25,28). The van der Waals surface area contributed by atoms with Crippen molar-refractivity contribution in [2.75, 3.05) is 25.6 Å². The fraction of sp³-hybridized carbons (Fsp3) is 0.500. The lowest BCUT2D eigenvalue weighted by molar-refractivity contribution is 0.0931. The Morgan fingerprint density at radius 1 is 1.14 bits per heavy atom. The lowest BCUT2D eigenvalue weighted by atomic mass is 10.0. The summed E-state index contributed by atoms with van der Waals surface area (Å²) >= 11 is 0. The van der Waals surface area contributed by atoms with Gasteiger partial charge in [0.05, 0.1) is 12.3 Å². The smallest absolute Gasteiger partial charge is 0.291 e. The van der Waals surface area contributed by atoms with Crippen LogP contribution in [0.15, 0.2) is 18.2 Å². The first-order valence-electron chi connectivity index (χ1n) is 10.4. The first-order valence-corrected chi connectivity index (χ1v) is 10.4. The summed E-state index contributed by atoms with van der Waals surface area (Å²) in [4.78, 5) is 30.3. The zero-order chi connectivity index (χ0) is 20.8. The second-order valence-corrected chi connectivity index (χ2v) is 7.20. The van der Waals surface area contributed by atoms with Gasteiger partial charge in [0.1, 0.15) is 5.69 Å². The van der Waals surface area contributed by atoms with Gasteiger partial charge in [0.25, 0.3) is 11.8 Å². The van der Waals surface area contributed by atoms with E-state index in [1.165, 1.54) is 0 Å². The molecule has 1 aliphatic heterocycles. The maximum atomic E-state index is 13.2. The number of ether oxygens (including phenoxy) is 1. The number of nitrogens with zero attached hydrogens (tertiary/aromatic N) is 2. The van der Waals surface area contributed by atoms with Gasteiger partial charge < -0.3 is 19.9 Å². The highest BCUT2D eigenvalue weighted by Gasteiger charge is 2.28. The van der Waals surface area contributed by atoms with Gasteiger partial charge in [-0.25, -0.2) is 4.98 Å². The molecule has 1 aromatic carbocycles. The summed E-state index contributed by atoms with van der Waals surface area (Å²) in [6.07, 6.45) is 4.37. The van der Waals surface area contributed by atoms with Crippen LogP contribution in [0.4, 0.5) is 5.69 Å². The SMILES string of the molecule is CCc1cccc(CC)c1NC(=O)c1nc(C(=O)NCCOC)c2n1CCCC2. The van der Waals surface area contributed by atoms with Crippen LogP contribution in [0.25, 0.3) is 0 Å². The number of hydrogen-bond acceptors (Lipinski definition) is 4. The summed E-state index contributed by atoms with van der Waals surface area (Å²) < 4.78 is 6.90. The van der Waals surface area contributed by atoms with Gasteiger partial charge in [-0.2, -0.15) is 0 Å². The highest BCUT2D eigenvalue weighted by Crippen LogP contribution is 2.25. The number of anilines is 1. The fourth-order valence-electron chi connectivity index (χ4n) is 3.82. The molecule has 0 saturated heterocycles. The van der Waals surface area contributed by atoms with Gasteiger partial charge in [-0.1, -0.05) is 32.0 Å². The topological polar surface area (TPSA) is 85.2 Å². The van der Waals surface area contributed by atoms with Crippen molar-refractivity contribution in [1.29, 1.82) is 0 Å². The van der Waals surface area contributed by atoms with Crippen molar-refractivity contribution in [2.45, 2.75) is 52.5 Å². The van der Waals surface area contributed by atoms with Crippen molar-refractivity contribution in [2.24, 2.45) is 0 Å². The number of para-hydroxylation sites is 1. The number of carbonyl (C=O) groups is 2. The number of fused-ring (bicyclic) bond motifs is 1. The molecular weight excluding hydrogens is 368 g/mol. The van der Waals surface area contributed by atoms with E-state index in [0.29, 0.717) is 31.2 Å². The molecule has 0 spiro atoms. The molecule has 0 unspecified atom stereocenters.